The zero-order valence-electron chi connectivity index (χ0n) is 17.5. The summed E-state index contributed by atoms with van der Waals surface area (Å²) in [6, 6.07) is 19.6. The number of anilines is 2. The lowest BCUT2D eigenvalue weighted by molar-refractivity contribution is -0.137. The Morgan fingerprint density at radius 1 is 1.15 bits per heavy atom. The number of alkyl halides is 3. The number of hydrogen-bond acceptors (Lipinski definition) is 5. The fourth-order valence-electron chi connectivity index (χ4n) is 3.59. The molecule has 172 valence electrons. The molecule has 10 heteroatoms. The minimum absolute atomic E-state index is 0.0180. The van der Waals surface area contributed by atoms with Gasteiger partial charge in [-0.2, -0.15) is 13.2 Å². The molecule has 1 fully saturated rings. The van der Waals surface area contributed by atoms with Crippen molar-refractivity contribution in [1.29, 1.82) is 0 Å². The Morgan fingerprint density at radius 2 is 1.79 bits per heavy atom. The predicted octanol–water partition coefficient (Wildman–Crippen LogP) is 5.17. The van der Waals surface area contributed by atoms with Crippen LogP contribution in [0, 0.1) is 0 Å². The second-order valence-corrected chi connectivity index (χ2v) is 7.89. The number of hydrazine groups is 1. The van der Waals surface area contributed by atoms with Gasteiger partial charge in [-0.15, -0.1) is 0 Å². The van der Waals surface area contributed by atoms with Crippen molar-refractivity contribution in [2.75, 3.05) is 17.1 Å². The number of para-hydroxylation sites is 1. The van der Waals surface area contributed by atoms with E-state index in [-0.39, 0.29) is 16.9 Å². The molecule has 3 aromatic rings. The molecule has 1 saturated heterocycles. The lowest BCUT2D eigenvalue weighted by Crippen LogP contribution is -2.45. The van der Waals surface area contributed by atoms with Crippen LogP contribution in [-0.4, -0.2) is 24.0 Å². The number of carbonyl (C=O) groups is 1. The van der Waals surface area contributed by atoms with Gasteiger partial charge in [0.25, 0.3) is 5.91 Å². The monoisotopic (exact) mass is 476 g/mol. The fourth-order valence-corrected chi connectivity index (χ4v) is 3.89. The van der Waals surface area contributed by atoms with Crippen LogP contribution in [0.15, 0.2) is 72.9 Å². The first-order chi connectivity index (χ1) is 15.7. The Kier molecular flexibility index (Phi) is 6.44. The van der Waals surface area contributed by atoms with Crippen molar-refractivity contribution < 1.29 is 22.8 Å². The standard InChI is InChI=1S/C23H20ClF3N4O2/c1-30(21-18(24)12-16(14-28-21)23(25,26)27)29-22(32)20-13-19(15-8-4-2-5-9-15)31(33-20)17-10-6-3-7-11-17/h2-12,14,19-20H,13H2,1H3,(H,29,32)/t19-,20-/m1/s1. The number of hydroxylamine groups is 1. The van der Waals surface area contributed by atoms with E-state index in [1.807, 2.05) is 60.7 Å². The highest BCUT2D eigenvalue weighted by molar-refractivity contribution is 6.33. The van der Waals surface area contributed by atoms with Crippen LogP contribution in [0.25, 0.3) is 0 Å². The molecule has 6 nitrogen and oxygen atoms in total. The number of hydrogen-bond donors (Lipinski definition) is 1. The van der Waals surface area contributed by atoms with Crippen LogP contribution in [0.3, 0.4) is 0 Å². The van der Waals surface area contributed by atoms with Crippen molar-refractivity contribution in [3.63, 3.8) is 0 Å². The van der Waals surface area contributed by atoms with E-state index in [2.05, 4.69) is 10.4 Å². The number of rotatable bonds is 5. The number of halogens is 4. The molecule has 2 heterocycles. The molecule has 0 bridgehead atoms. The second-order valence-electron chi connectivity index (χ2n) is 7.48. The highest BCUT2D eigenvalue weighted by atomic mass is 35.5. The molecule has 0 spiro atoms. The average molecular weight is 477 g/mol. The summed E-state index contributed by atoms with van der Waals surface area (Å²) in [5.41, 5.74) is 3.40. The van der Waals surface area contributed by atoms with Crippen molar-refractivity contribution in [3.05, 3.63) is 89.1 Å². The molecule has 2 aromatic carbocycles. The zero-order chi connectivity index (χ0) is 23.6. The van der Waals surface area contributed by atoms with Crippen LogP contribution < -0.4 is 15.5 Å². The molecule has 1 aliphatic rings. The lowest BCUT2D eigenvalue weighted by Gasteiger charge is -2.25. The van der Waals surface area contributed by atoms with Crippen molar-refractivity contribution in [3.8, 4) is 0 Å². The number of amides is 1. The van der Waals surface area contributed by atoms with E-state index < -0.39 is 23.8 Å². The maximum absolute atomic E-state index is 13.0. The fraction of sp³-hybridized carbons (Fsp3) is 0.217. The van der Waals surface area contributed by atoms with E-state index >= 15 is 0 Å². The lowest BCUT2D eigenvalue weighted by atomic mass is 10.0. The molecule has 1 amide bonds. The van der Waals surface area contributed by atoms with Gasteiger partial charge in [-0.3, -0.25) is 20.1 Å². The third-order valence-corrected chi connectivity index (χ3v) is 5.47. The summed E-state index contributed by atoms with van der Waals surface area (Å²) in [5, 5.41) is 2.63. The number of aromatic nitrogens is 1. The molecule has 33 heavy (non-hydrogen) atoms. The van der Waals surface area contributed by atoms with E-state index in [0.29, 0.717) is 12.6 Å². The van der Waals surface area contributed by atoms with Gasteiger partial charge in [0.2, 0.25) is 0 Å². The van der Waals surface area contributed by atoms with Gasteiger partial charge in [-0.25, -0.2) is 10.0 Å². The van der Waals surface area contributed by atoms with Crippen molar-refractivity contribution >= 4 is 29.0 Å². The number of carbonyl (C=O) groups excluding carboxylic acids is 1. The maximum Gasteiger partial charge on any atom is 0.417 e. The number of nitrogens with one attached hydrogen (secondary N) is 1. The van der Waals surface area contributed by atoms with Crippen molar-refractivity contribution in [2.45, 2.75) is 24.7 Å². The third-order valence-electron chi connectivity index (χ3n) is 5.19. The smallest absolute Gasteiger partial charge is 0.270 e. The molecule has 2 atom stereocenters. The molecule has 0 aliphatic carbocycles. The normalized spacial score (nSPS) is 18.3. The van der Waals surface area contributed by atoms with Crippen LogP contribution in [0.4, 0.5) is 24.7 Å². The Balaban J connectivity index is 1.51. The average Bonchev–Trinajstić information content (AvgIpc) is 3.25. The number of nitrogens with zero attached hydrogens (tertiary/aromatic N) is 3. The summed E-state index contributed by atoms with van der Waals surface area (Å²) in [6.45, 7) is 0. The van der Waals surface area contributed by atoms with Gasteiger partial charge in [-0.05, 0) is 23.8 Å². The Morgan fingerprint density at radius 3 is 2.39 bits per heavy atom. The predicted molar refractivity (Wildman–Crippen MR) is 118 cm³/mol. The van der Waals surface area contributed by atoms with Gasteiger partial charge >= 0.3 is 6.18 Å². The van der Waals surface area contributed by atoms with Crippen LogP contribution in [0.2, 0.25) is 5.02 Å². The highest BCUT2D eigenvalue weighted by Crippen LogP contribution is 2.38. The molecule has 0 unspecified atom stereocenters. The topological polar surface area (TPSA) is 57.7 Å². The molecule has 1 aliphatic heterocycles. The zero-order valence-corrected chi connectivity index (χ0v) is 18.2. The number of benzene rings is 2. The van der Waals surface area contributed by atoms with E-state index in [1.54, 1.807) is 5.06 Å². The van der Waals surface area contributed by atoms with Crippen molar-refractivity contribution in [2.24, 2.45) is 0 Å². The SMILES string of the molecule is CN(NC(=O)[C@H]1C[C@H](c2ccccc2)N(c2ccccc2)O1)c1ncc(C(F)(F)F)cc1Cl. The second kappa shape index (κ2) is 9.29. The Labute approximate surface area is 193 Å². The van der Waals surface area contributed by atoms with Crippen LogP contribution in [-0.2, 0) is 15.8 Å². The van der Waals surface area contributed by atoms with Gasteiger partial charge in [0.1, 0.15) is 0 Å². The summed E-state index contributed by atoms with van der Waals surface area (Å²) < 4.78 is 38.6. The van der Waals surface area contributed by atoms with E-state index in [1.165, 1.54) is 12.1 Å². The first-order valence-electron chi connectivity index (χ1n) is 10.1. The molecule has 0 radical (unpaired) electrons. The third kappa shape index (κ3) is 5.04. The molecular formula is C23H20ClF3N4O2. The highest BCUT2D eigenvalue weighted by Gasteiger charge is 2.39. The minimum atomic E-state index is -4.57. The van der Waals surface area contributed by atoms with E-state index in [4.69, 9.17) is 16.4 Å². The van der Waals surface area contributed by atoms with Gasteiger partial charge in [0.15, 0.2) is 11.9 Å². The van der Waals surface area contributed by atoms with Crippen LogP contribution >= 0.6 is 11.6 Å². The first-order valence-corrected chi connectivity index (χ1v) is 10.4. The van der Waals surface area contributed by atoms with E-state index in [9.17, 15) is 18.0 Å². The summed E-state index contributed by atoms with van der Waals surface area (Å²) in [7, 11) is 1.44. The summed E-state index contributed by atoms with van der Waals surface area (Å²) in [6.07, 6.45) is -4.38. The molecule has 4 rings (SSSR count). The molecule has 0 saturated carbocycles. The number of pyridine rings is 1. The van der Waals surface area contributed by atoms with E-state index in [0.717, 1.165) is 17.3 Å². The summed E-state index contributed by atoms with van der Waals surface area (Å²) in [5.74, 6) is -0.495. The van der Waals surface area contributed by atoms with Gasteiger partial charge < -0.3 is 0 Å². The van der Waals surface area contributed by atoms with Crippen molar-refractivity contribution in [1.82, 2.24) is 10.4 Å². The Bertz CT molecular complexity index is 1070. The largest absolute Gasteiger partial charge is 0.417 e. The molecule has 1 N–H and O–H groups in total. The summed E-state index contributed by atoms with van der Waals surface area (Å²) >= 11 is 5.98. The van der Waals surface area contributed by atoms with Crippen LogP contribution in [0.5, 0.6) is 0 Å². The van der Waals surface area contributed by atoms with Gasteiger partial charge in [0, 0.05) is 19.7 Å². The Hall–Kier alpha value is -3.30. The molecule has 1 aromatic heterocycles. The maximum atomic E-state index is 13.0. The molecular weight excluding hydrogens is 457 g/mol. The quantitative estimate of drug-likeness (QED) is 0.515. The van der Waals surface area contributed by atoms with Gasteiger partial charge in [0.05, 0.1) is 22.3 Å². The van der Waals surface area contributed by atoms with Crippen LogP contribution in [0.1, 0.15) is 23.6 Å². The minimum Gasteiger partial charge on any atom is -0.270 e. The summed E-state index contributed by atoms with van der Waals surface area (Å²) in [4.78, 5) is 22.7. The van der Waals surface area contributed by atoms with Gasteiger partial charge in [-0.1, -0.05) is 60.1 Å². The first kappa shape index (κ1) is 22.9.